The average molecular weight is 357 g/mol. The molecule has 0 fully saturated rings. The molecule has 1 aromatic heterocycles. The normalized spacial score (nSPS) is 16.5. The van der Waals surface area contributed by atoms with Crippen LogP contribution in [0.1, 0.15) is 46.2 Å². The lowest BCUT2D eigenvalue weighted by Crippen LogP contribution is -2.30. The molecule has 0 amide bonds. The van der Waals surface area contributed by atoms with Crippen molar-refractivity contribution in [1.82, 2.24) is 20.2 Å². The fraction of sp³-hybridized carbons (Fsp3) is 0.444. The highest BCUT2D eigenvalue weighted by molar-refractivity contribution is 5.92. The third-order valence-electron chi connectivity index (χ3n) is 3.82. The summed E-state index contributed by atoms with van der Waals surface area (Å²) in [5.41, 5.74) is 1.98. The molecule has 0 aliphatic carbocycles. The summed E-state index contributed by atoms with van der Waals surface area (Å²) in [6, 6.07) is 7.10. The molecule has 1 N–H and O–H groups in total. The molecule has 1 aromatic carbocycles. The first-order valence-corrected chi connectivity index (χ1v) is 8.60. The quantitative estimate of drug-likeness (QED) is 0.823. The third-order valence-corrected chi connectivity index (χ3v) is 3.82. The summed E-state index contributed by atoms with van der Waals surface area (Å²) < 4.78 is 12.8. The van der Waals surface area contributed by atoms with Gasteiger partial charge < -0.3 is 14.8 Å². The van der Waals surface area contributed by atoms with E-state index in [1.807, 2.05) is 58.9 Å². The van der Waals surface area contributed by atoms with Gasteiger partial charge in [0, 0.05) is 5.70 Å². The van der Waals surface area contributed by atoms with Crippen molar-refractivity contribution in [1.29, 1.82) is 0 Å². The fourth-order valence-corrected chi connectivity index (χ4v) is 2.89. The van der Waals surface area contributed by atoms with Crippen LogP contribution < -0.4 is 10.1 Å². The third kappa shape index (κ3) is 3.54. The first-order valence-electron chi connectivity index (χ1n) is 8.60. The Morgan fingerprint density at radius 3 is 2.69 bits per heavy atom. The summed E-state index contributed by atoms with van der Waals surface area (Å²) in [6.07, 6.45) is -0.182. The second-order valence-corrected chi connectivity index (χ2v) is 6.71. The van der Waals surface area contributed by atoms with Crippen molar-refractivity contribution in [3.63, 3.8) is 0 Å². The second kappa shape index (κ2) is 7.15. The molecule has 26 heavy (non-hydrogen) atoms. The Hall–Kier alpha value is -2.90. The van der Waals surface area contributed by atoms with E-state index in [4.69, 9.17) is 9.47 Å². The zero-order chi connectivity index (χ0) is 18.8. The van der Waals surface area contributed by atoms with Crippen molar-refractivity contribution in [2.45, 2.75) is 52.9 Å². The van der Waals surface area contributed by atoms with Gasteiger partial charge in [-0.25, -0.2) is 4.79 Å². The SMILES string of the molecule is CC1=C(C(=O)OC(C)C)C(c2cccc(OC(C)C)c2)n2nnnc2N1. The number of tetrazole rings is 1. The topological polar surface area (TPSA) is 91.2 Å². The first-order chi connectivity index (χ1) is 12.4. The lowest BCUT2D eigenvalue weighted by atomic mass is 9.95. The van der Waals surface area contributed by atoms with Crippen molar-refractivity contribution in [3.05, 3.63) is 41.1 Å². The van der Waals surface area contributed by atoms with Crippen molar-refractivity contribution < 1.29 is 14.3 Å². The molecule has 1 unspecified atom stereocenters. The monoisotopic (exact) mass is 357 g/mol. The Bertz CT molecular complexity index is 841. The van der Waals surface area contributed by atoms with Gasteiger partial charge in [-0.3, -0.25) is 0 Å². The lowest BCUT2D eigenvalue weighted by molar-refractivity contribution is -0.143. The predicted molar refractivity (Wildman–Crippen MR) is 95.7 cm³/mol. The number of hydrogen-bond donors (Lipinski definition) is 1. The molecule has 0 spiro atoms. The zero-order valence-electron chi connectivity index (χ0n) is 15.6. The number of allylic oxidation sites excluding steroid dienone is 1. The minimum Gasteiger partial charge on any atom is -0.491 e. The maximum Gasteiger partial charge on any atom is 0.338 e. The highest BCUT2D eigenvalue weighted by Gasteiger charge is 2.35. The van der Waals surface area contributed by atoms with Gasteiger partial charge in [-0.15, -0.1) is 0 Å². The molecule has 2 heterocycles. The van der Waals surface area contributed by atoms with Crippen LogP contribution >= 0.6 is 0 Å². The Labute approximate surface area is 152 Å². The van der Waals surface area contributed by atoms with Crippen LogP contribution in [0.4, 0.5) is 5.95 Å². The Morgan fingerprint density at radius 1 is 1.23 bits per heavy atom. The van der Waals surface area contributed by atoms with Crippen LogP contribution in [0, 0.1) is 0 Å². The van der Waals surface area contributed by atoms with E-state index in [-0.39, 0.29) is 12.2 Å². The van der Waals surface area contributed by atoms with Gasteiger partial charge in [0.25, 0.3) is 0 Å². The Morgan fingerprint density at radius 2 is 2.00 bits per heavy atom. The van der Waals surface area contributed by atoms with E-state index >= 15 is 0 Å². The number of nitrogens with one attached hydrogen (secondary N) is 1. The largest absolute Gasteiger partial charge is 0.491 e. The van der Waals surface area contributed by atoms with E-state index in [1.165, 1.54) is 0 Å². The number of anilines is 1. The highest BCUT2D eigenvalue weighted by Crippen LogP contribution is 2.36. The zero-order valence-corrected chi connectivity index (χ0v) is 15.6. The van der Waals surface area contributed by atoms with Crippen LogP contribution in [0.2, 0.25) is 0 Å². The van der Waals surface area contributed by atoms with Crippen molar-refractivity contribution in [2.75, 3.05) is 5.32 Å². The molecule has 2 aromatic rings. The van der Waals surface area contributed by atoms with Gasteiger partial charge in [0.1, 0.15) is 11.8 Å². The van der Waals surface area contributed by atoms with Crippen molar-refractivity contribution in [2.24, 2.45) is 0 Å². The van der Waals surface area contributed by atoms with E-state index in [0.29, 0.717) is 17.2 Å². The summed E-state index contributed by atoms with van der Waals surface area (Å²) in [7, 11) is 0. The number of hydrogen-bond acceptors (Lipinski definition) is 7. The minimum atomic E-state index is -0.497. The van der Waals surface area contributed by atoms with E-state index in [1.54, 1.807) is 4.68 Å². The molecule has 1 aliphatic heterocycles. The summed E-state index contributed by atoms with van der Waals surface area (Å²) >= 11 is 0. The van der Waals surface area contributed by atoms with E-state index in [2.05, 4.69) is 20.8 Å². The molecule has 8 heteroatoms. The molecule has 0 radical (unpaired) electrons. The van der Waals surface area contributed by atoms with E-state index in [9.17, 15) is 4.79 Å². The number of rotatable bonds is 5. The van der Waals surface area contributed by atoms with E-state index < -0.39 is 12.0 Å². The molecule has 1 aliphatic rings. The predicted octanol–water partition coefficient (Wildman–Crippen LogP) is 2.70. The summed E-state index contributed by atoms with van der Waals surface area (Å²) in [4.78, 5) is 12.8. The van der Waals surface area contributed by atoms with E-state index in [0.717, 1.165) is 11.3 Å². The van der Waals surface area contributed by atoms with Gasteiger partial charge in [-0.05, 0) is 62.7 Å². The minimum absolute atomic E-state index is 0.0459. The molecule has 0 bridgehead atoms. The number of benzene rings is 1. The maximum atomic E-state index is 12.8. The van der Waals surface area contributed by atoms with Crippen LogP contribution in [-0.4, -0.2) is 38.4 Å². The number of ether oxygens (including phenoxy) is 2. The van der Waals surface area contributed by atoms with Gasteiger partial charge in [-0.2, -0.15) is 4.68 Å². The number of aromatic nitrogens is 4. The van der Waals surface area contributed by atoms with Crippen LogP contribution in [0.15, 0.2) is 35.5 Å². The summed E-state index contributed by atoms with van der Waals surface area (Å²) in [6.45, 7) is 9.38. The van der Waals surface area contributed by atoms with Gasteiger partial charge in [0.15, 0.2) is 0 Å². The van der Waals surface area contributed by atoms with Crippen LogP contribution in [0.25, 0.3) is 0 Å². The number of esters is 1. The second-order valence-electron chi connectivity index (χ2n) is 6.71. The average Bonchev–Trinajstić information content (AvgIpc) is 3.00. The Balaban J connectivity index is 2.08. The first kappa shape index (κ1) is 17.9. The summed E-state index contributed by atoms with van der Waals surface area (Å²) in [5.74, 6) is 0.801. The van der Waals surface area contributed by atoms with Crippen LogP contribution in [-0.2, 0) is 9.53 Å². The molecule has 1 atom stereocenters. The standard InChI is InChI=1S/C18H23N5O3/c1-10(2)25-14-8-6-7-13(9-14)16-15(17(24)26-11(3)4)12(5)19-18-20-21-22-23(16)18/h6-11,16H,1-5H3,(H,19,20,22). The lowest BCUT2D eigenvalue weighted by Gasteiger charge is -2.28. The molecule has 3 rings (SSSR count). The highest BCUT2D eigenvalue weighted by atomic mass is 16.5. The number of nitrogens with zero attached hydrogens (tertiary/aromatic N) is 4. The smallest absolute Gasteiger partial charge is 0.338 e. The number of carbonyl (C=O) groups is 1. The molecule has 8 nitrogen and oxygen atoms in total. The Kier molecular flexibility index (Phi) is 4.92. The molecule has 138 valence electrons. The van der Waals surface area contributed by atoms with Crippen molar-refractivity contribution >= 4 is 11.9 Å². The molecular weight excluding hydrogens is 334 g/mol. The number of fused-ring (bicyclic) bond motifs is 1. The van der Waals surface area contributed by atoms with Crippen molar-refractivity contribution in [3.8, 4) is 5.75 Å². The molecule has 0 saturated heterocycles. The van der Waals surface area contributed by atoms with Gasteiger partial charge in [0.05, 0.1) is 17.8 Å². The van der Waals surface area contributed by atoms with Crippen LogP contribution in [0.3, 0.4) is 0 Å². The maximum absolute atomic E-state index is 12.8. The molecular formula is C18H23N5O3. The van der Waals surface area contributed by atoms with Gasteiger partial charge in [0.2, 0.25) is 5.95 Å². The number of carbonyl (C=O) groups excluding carboxylic acids is 1. The van der Waals surface area contributed by atoms with Gasteiger partial charge in [-0.1, -0.05) is 17.2 Å². The van der Waals surface area contributed by atoms with Crippen LogP contribution in [0.5, 0.6) is 5.75 Å². The summed E-state index contributed by atoms with van der Waals surface area (Å²) in [5, 5.41) is 14.8. The van der Waals surface area contributed by atoms with Gasteiger partial charge >= 0.3 is 5.97 Å². The fourth-order valence-electron chi connectivity index (χ4n) is 2.89. The molecule has 0 saturated carbocycles.